The zero-order valence-corrected chi connectivity index (χ0v) is 16.6. The third-order valence-corrected chi connectivity index (χ3v) is 4.66. The highest BCUT2D eigenvalue weighted by Crippen LogP contribution is 2.19. The van der Waals surface area contributed by atoms with Crippen LogP contribution in [0.2, 0.25) is 5.02 Å². The van der Waals surface area contributed by atoms with Crippen LogP contribution in [0.4, 0.5) is 4.39 Å². The molecule has 3 rings (SSSR count). The van der Waals surface area contributed by atoms with Crippen LogP contribution in [0.3, 0.4) is 0 Å². The molecule has 1 atom stereocenters. The predicted molar refractivity (Wildman–Crippen MR) is 111 cm³/mol. The van der Waals surface area contributed by atoms with Crippen LogP contribution in [0.15, 0.2) is 65.9 Å². The Hall–Kier alpha value is -3.37. The molecule has 0 spiro atoms. The largest absolute Gasteiger partial charge is 0.354 e. The number of halogens is 2. The summed E-state index contributed by atoms with van der Waals surface area (Å²) in [5.74, 6) is 0.139. The van der Waals surface area contributed by atoms with Crippen molar-refractivity contribution < 1.29 is 4.39 Å². The first kappa shape index (κ1) is 20.4. The zero-order valence-electron chi connectivity index (χ0n) is 15.8. The fourth-order valence-electron chi connectivity index (χ4n) is 2.89. The van der Waals surface area contributed by atoms with Crippen LogP contribution in [-0.4, -0.2) is 29.3 Å². The number of guanidine groups is 1. The average Bonchev–Trinajstić information content (AvgIpc) is 3.27. The Kier molecular flexibility index (Phi) is 6.82. The Balaban J connectivity index is 1.68. The van der Waals surface area contributed by atoms with Crippen LogP contribution >= 0.6 is 11.6 Å². The molecule has 0 aliphatic heterocycles. The highest BCUT2D eigenvalue weighted by atomic mass is 35.5. The van der Waals surface area contributed by atoms with Crippen LogP contribution in [0.5, 0.6) is 0 Å². The van der Waals surface area contributed by atoms with E-state index >= 15 is 0 Å². The summed E-state index contributed by atoms with van der Waals surface area (Å²) < 4.78 is 15.8. The summed E-state index contributed by atoms with van der Waals surface area (Å²) in [6.07, 6.45) is 3.61. The molecule has 1 heterocycles. The van der Waals surface area contributed by atoms with Crippen molar-refractivity contribution >= 4 is 17.6 Å². The number of hydrogen-bond acceptors (Lipinski definition) is 3. The van der Waals surface area contributed by atoms with Crippen molar-refractivity contribution in [3.05, 3.63) is 88.5 Å². The monoisotopic (exact) mass is 410 g/mol. The summed E-state index contributed by atoms with van der Waals surface area (Å²) >= 11 is 6.01. The number of rotatable bonds is 6. The molecule has 0 saturated carbocycles. The van der Waals surface area contributed by atoms with Crippen molar-refractivity contribution in [3.8, 4) is 6.07 Å². The van der Waals surface area contributed by atoms with Crippen LogP contribution in [0.25, 0.3) is 0 Å². The molecule has 1 aromatic heterocycles. The Morgan fingerprint density at radius 3 is 2.72 bits per heavy atom. The first-order valence-electron chi connectivity index (χ1n) is 8.98. The number of nitrogens with zero attached hydrogens (tertiary/aromatic N) is 4. The molecule has 0 fully saturated rings. The molecule has 0 bridgehead atoms. The Morgan fingerprint density at radius 2 is 2.07 bits per heavy atom. The van der Waals surface area contributed by atoms with E-state index in [1.165, 1.54) is 18.2 Å². The molecular weight excluding hydrogens is 391 g/mol. The lowest BCUT2D eigenvalue weighted by Gasteiger charge is -2.21. The zero-order chi connectivity index (χ0) is 20.6. The van der Waals surface area contributed by atoms with Gasteiger partial charge in [0, 0.05) is 43.1 Å². The van der Waals surface area contributed by atoms with E-state index in [0.29, 0.717) is 28.7 Å². The van der Waals surface area contributed by atoms with Gasteiger partial charge in [-0.25, -0.2) is 4.39 Å². The molecule has 0 aliphatic rings. The van der Waals surface area contributed by atoms with E-state index in [-0.39, 0.29) is 18.4 Å². The highest BCUT2D eigenvalue weighted by molar-refractivity contribution is 6.30. The molecule has 0 amide bonds. The first-order chi connectivity index (χ1) is 14.1. The summed E-state index contributed by atoms with van der Waals surface area (Å²) in [5, 5.41) is 20.3. The molecule has 0 radical (unpaired) electrons. The Labute approximate surface area is 173 Å². The van der Waals surface area contributed by atoms with E-state index in [0.717, 1.165) is 5.56 Å². The highest BCUT2D eigenvalue weighted by Gasteiger charge is 2.15. The summed E-state index contributed by atoms with van der Waals surface area (Å²) in [5.41, 5.74) is 1.84. The topological polar surface area (TPSA) is 78.0 Å². The lowest BCUT2D eigenvalue weighted by atomic mass is 10.1. The predicted octanol–water partition coefficient (Wildman–Crippen LogP) is 3.50. The summed E-state index contributed by atoms with van der Waals surface area (Å²) in [7, 11) is 1.64. The van der Waals surface area contributed by atoms with Gasteiger partial charge in [-0.05, 0) is 42.0 Å². The molecule has 29 heavy (non-hydrogen) atoms. The molecule has 2 N–H and O–H groups in total. The summed E-state index contributed by atoms with van der Waals surface area (Å²) in [4.78, 5) is 4.19. The van der Waals surface area contributed by atoms with Gasteiger partial charge in [0.05, 0.1) is 17.7 Å². The van der Waals surface area contributed by atoms with Crippen molar-refractivity contribution in [3.63, 3.8) is 0 Å². The molecule has 8 heteroatoms. The second-order valence-corrected chi connectivity index (χ2v) is 6.71. The van der Waals surface area contributed by atoms with Gasteiger partial charge in [-0.15, -0.1) is 0 Å². The van der Waals surface area contributed by atoms with Gasteiger partial charge in [0.1, 0.15) is 5.82 Å². The molecule has 148 valence electrons. The van der Waals surface area contributed by atoms with Crippen LogP contribution in [-0.2, 0) is 6.54 Å². The Bertz CT molecular complexity index is 1010. The van der Waals surface area contributed by atoms with Crippen molar-refractivity contribution in [1.82, 2.24) is 20.4 Å². The van der Waals surface area contributed by atoms with Crippen molar-refractivity contribution in [2.45, 2.75) is 12.6 Å². The van der Waals surface area contributed by atoms with Gasteiger partial charge in [0.15, 0.2) is 5.96 Å². The lowest BCUT2D eigenvalue weighted by Crippen LogP contribution is -2.40. The van der Waals surface area contributed by atoms with Crippen LogP contribution < -0.4 is 10.6 Å². The first-order valence-corrected chi connectivity index (χ1v) is 9.36. The van der Waals surface area contributed by atoms with E-state index < -0.39 is 0 Å². The van der Waals surface area contributed by atoms with Gasteiger partial charge in [-0.2, -0.15) is 10.4 Å². The smallest absolute Gasteiger partial charge is 0.191 e. The SMILES string of the molecule is CN=C(NCc1cc(C#N)ccc1F)NCC(c1ccc(Cl)cc1)n1cccn1. The van der Waals surface area contributed by atoms with Gasteiger partial charge >= 0.3 is 0 Å². The fourth-order valence-corrected chi connectivity index (χ4v) is 3.01. The van der Waals surface area contributed by atoms with E-state index in [4.69, 9.17) is 16.9 Å². The molecule has 2 aromatic carbocycles. The van der Waals surface area contributed by atoms with Crippen molar-refractivity contribution in [1.29, 1.82) is 5.26 Å². The third kappa shape index (κ3) is 5.33. The molecule has 3 aromatic rings. The van der Waals surface area contributed by atoms with E-state index in [2.05, 4.69) is 20.7 Å². The number of aliphatic imine (C=N–C) groups is 1. The van der Waals surface area contributed by atoms with Gasteiger partial charge in [-0.3, -0.25) is 9.67 Å². The van der Waals surface area contributed by atoms with Gasteiger partial charge in [-0.1, -0.05) is 23.7 Å². The maximum Gasteiger partial charge on any atom is 0.191 e. The van der Waals surface area contributed by atoms with Crippen molar-refractivity contribution in [2.24, 2.45) is 4.99 Å². The van der Waals surface area contributed by atoms with Crippen LogP contribution in [0, 0.1) is 17.1 Å². The van der Waals surface area contributed by atoms with Crippen LogP contribution in [0.1, 0.15) is 22.7 Å². The number of nitriles is 1. The number of benzene rings is 2. The molecule has 1 unspecified atom stereocenters. The maximum atomic E-state index is 14.0. The minimum atomic E-state index is -0.373. The molecular formula is C21H20ClFN6. The normalized spacial score (nSPS) is 12.3. The van der Waals surface area contributed by atoms with E-state index in [1.54, 1.807) is 13.2 Å². The number of hydrogen-bond donors (Lipinski definition) is 2. The standard InChI is InChI=1S/C21H20ClFN6/c1-25-21(26-13-17-11-15(12-24)3-8-19(17)23)27-14-20(29-10-2-9-28-29)16-4-6-18(22)7-5-16/h2-11,20H,13-14H2,1H3,(H2,25,26,27). The summed E-state index contributed by atoms with van der Waals surface area (Å²) in [6.45, 7) is 0.706. The summed E-state index contributed by atoms with van der Waals surface area (Å²) in [6, 6.07) is 15.6. The second-order valence-electron chi connectivity index (χ2n) is 6.28. The van der Waals surface area contributed by atoms with E-state index in [1.807, 2.05) is 47.3 Å². The maximum absolute atomic E-state index is 14.0. The fraction of sp³-hybridized carbons (Fsp3) is 0.190. The van der Waals surface area contributed by atoms with Crippen molar-refractivity contribution in [2.75, 3.05) is 13.6 Å². The lowest BCUT2D eigenvalue weighted by molar-refractivity contribution is 0.510. The van der Waals surface area contributed by atoms with Gasteiger partial charge in [0.2, 0.25) is 0 Å². The quantitative estimate of drug-likeness (QED) is 0.481. The van der Waals surface area contributed by atoms with E-state index in [9.17, 15) is 4.39 Å². The average molecular weight is 411 g/mol. The minimum Gasteiger partial charge on any atom is -0.354 e. The minimum absolute atomic E-state index is 0.0838. The molecule has 6 nitrogen and oxygen atoms in total. The van der Waals surface area contributed by atoms with Gasteiger partial charge < -0.3 is 10.6 Å². The molecule has 0 aliphatic carbocycles. The Morgan fingerprint density at radius 1 is 1.28 bits per heavy atom. The number of aromatic nitrogens is 2. The second kappa shape index (κ2) is 9.71. The third-order valence-electron chi connectivity index (χ3n) is 4.41. The molecule has 0 saturated heterocycles. The number of nitrogens with one attached hydrogen (secondary N) is 2. The van der Waals surface area contributed by atoms with Gasteiger partial charge in [0.25, 0.3) is 0 Å².